The molecule has 2 unspecified atom stereocenters. The molecular weight excluding hydrogens is 518 g/mol. The number of aliphatic hydroxyl groups is 1. The number of anilines is 1. The van der Waals surface area contributed by atoms with Gasteiger partial charge < -0.3 is 24.5 Å². The summed E-state index contributed by atoms with van der Waals surface area (Å²) >= 11 is 0. The van der Waals surface area contributed by atoms with Crippen molar-refractivity contribution >= 4 is 23.4 Å². The number of aliphatic hydroxyl groups excluding tert-OH is 1. The third kappa shape index (κ3) is 4.50. The molecule has 0 aliphatic carbocycles. The monoisotopic (exact) mass is 557 g/mol. The van der Waals surface area contributed by atoms with Crippen LogP contribution >= 0.6 is 0 Å². The van der Waals surface area contributed by atoms with Crippen LogP contribution < -0.4 is 4.90 Å². The second kappa shape index (κ2) is 11.3. The third-order valence-electron chi connectivity index (χ3n) is 9.02. The first-order valence-electron chi connectivity index (χ1n) is 14.2. The van der Waals surface area contributed by atoms with Gasteiger partial charge in [-0.1, -0.05) is 60.7 Å². The molecule has 3 fully saturated rings. The van der Waals surface area contributed by atoms with Crippen molar-refractivity contribution in [1.82, 2.24) is 9.80 Å². The fourth-order valence-electron chi connectivity index (χ4n) is 7.35. The van der Waals surface area contributed by atoms with Gasteiger partial charge in [0, 0.05) is 25.8 Å². The zero-order valence-electron chi connectivity index (χ0n) is 24.0. The number of carbonyl (C=O) groups excluding carboxylic acids is 3. The molecule has 0 saturated carbocycles. The van der Waals surface area contributed by atoms with Crippen molar-refractivity contribution in [2.45, 2.75) is 50.5 Å². The maximum Gasteiger partial charge on any atom is 0.253 e. The second-order valence-electron chi connectivity index (χ2n) is 11.4. The summed E-state index contributed by atoms with van der Waals surface area (Å²) in [6.07, 6.45) is 3.89. The van der Waals surface area contributed by atoms with E-state index in [1.807, 2.05) is 62.4 Å². The zero-order chi connectivity index (χ0) is 29.5. The molecule has 3 amide bonds. The van der Waals surface area contributed by atoms with Crippen molar-refractivity contribution in [3.63, 3.8) is 0 Å². The largest absolute Gasteiger partial charge is 0.394 e. The Morgan fingerprint density at radius 1 is 1.07 bits per heavy atom. The van der Waals surface area contributed by atoms with Gasteiger partial charge in [-0.05, 0) is 43.4 Å². The van der Waals surface area contributed by atoms with E-state index in [2.05, 4.69) is 13.2 Å². The van der Waals surface area contributed by atoms with E-state index < -0.39 is 35.6 Å². The lowest BCUT2D eigenvalue weighted by Gasteiger charge is -2.40. The average Bonchev–Trinajstić information content (AvgIpc) is 3.60. The Kier molecular flexibility index (Phi) is 7.90. The molecule has 3 aliphatic heterocycles. The Balaban J connectivity index is 1.67. The number of aryl methyl sites for hydroxylation is 2. The van der Waals surface area contributed by atoms with Gasteiger partial charge in [-0.2, -0.15) is 0 Å². The molecule has 5 rings (SSSR count). The predicted octanol–water partition coefficient (Wildman–Crippen LogP) is 3.58. The molecule has 8 nitrogen and oxygen atoms in total. The first-order chi connectivity index (χ1) is 19.7. The molecule has 3 heterocycles. The van der Waals surface area contributed by atoms with Crippen LogP contribution in [-0.4, -0.2) is 77.1 Å². The van der Waals surface area contributed by atoms with Crippen LogP contribution in [0.2, 0.25) is 0 Å². The molecule has 0 aromatic heterocycles. The topological polar surface area (TPSA) is 90.4 Å². The summed E-state index contributed by atoms with van der Waals surface area (Å²) in [5, 5.41) is 10.7. The molecule has 41 heavy (non-hydrogen) atoms. The Morgan fingerprint density at radius 3 is 2.34 bits per heavy atom. The van der Waals surface area contributed by atoms with E-state index in [0.29, 0.717) is 24.9 Å². The lowest BCUT2D eigenvalue weighted by Crippen LogP contribution is -2.57. The quantitative estimate of drug-likeness (QED) is 0.451. The molecule has 2 bridgehead atoms. The normalized spacial score (nSPS) is 26.9. The summed E-state index contributed by atoms with van der Waals surface area (Å²) in [6.45, 7) is 11.7. The molecule has 3 saturated heterocycles. The van der Waals surface area contributed by atoms with Crippen molar-refractivity contribution in [3.8, 4) is 0 Å². The Hall–Kier alpha value is -3.75. The van der Waals surface area contributed by atoms with E-state index in [-0.39, 0.29) is 30.9 Å². The van der Waals surface area contributed by atoms with Gasteiger partial charge in [-0.25, -0.2) is 0 Å². The lowest BCUT2D eigenvalue weighted by molar-refractivity contribution is -0.147. The number of hydrogen-bond acceptors (Lipinski definition) is 5. The Labute approximate surface area is 241 Å². The number of nitrogens with zero attached hydrogens (tertiary/aromatic N) is 3. The molecule has 2 aromatic rings. The standard InChI is InChI=1S/C33H39N3O5/c1-6-18-34(5)30(38)26-25-16-17-33(41-25)27(26)31(39)36(24(20-37)23-14-9-8-10-15-23)29(33)32(40)35(19-7-2)28-21(3)12-11-13-22(28)4/h6-15,24-27,29,37H,1-2,16-20H2,3-5H3/t24-,25+,26-,27+,29?,33?/m1/s1. The molecular formula is C33H39N3O5. The van der Waals surface area contributed by atoms with Gasteiger partial charge in [-0.3, -0.25) is 14.4 Å². The lowest BCUT2D eigenvalue weighted by atomic mass is 9.70. The maximum absolute atomic E-state index is 14.9. The molecule has 1 N–H and O–H groups in total. The van der Waals surface area contributed by atoms with Crippen molar-refractivity contribution in [2.75, 3.05) is 31.6 Å². The van der Waals surface area contributed by atoms with Crippen LogP contribution in [0.3, 0.4) is 0 Å². The van der Waals surface area contributed by atoms with Crippen LogP contribution in [0.5, 0.6) is 0 Å². The van der Waals surface area contributed by atoms with Gasteiger partial charge in [0.2, 0.25) is 11.8 Å². The van der Waals surface area contributed by atoms with E-state index >= 15 is 0 Å². The van der Waals surface area contributed by atoms with Crippen molar-refractivity contribution in [3.05, 3.63) is 90.5 Å². The molecule has 3 aliphatic rings. The number of benzene rings is 2. The molecule has 2 aromatic carbocycles. The minimum absolute atomic E-state index is 0.194. The van der Waals surface area contributed by atoms with Crippen LogP contribution in [0.25, 0.3) is 0 Å². The number of carbonyl (C=O) groups is 3. The third-order valence-corrected chi connectivity index (χ3v) is 9.02. The second-order valence-corrected chi connectivity index (χ2v) is 11.4. The molecule has 216 valence electrons. The van der Waals surface area contributed by atoms with E-state index in [0.717, 1.165) is 16.8 Å². The number of hydrogen-bond donors (Lipinski definition) is 1. The number of rotatable bonds is 10. The predicted molar refractivity (Wildman–Crippen MR) is 157 cm³/mol. The molecule has 0 radical (unpaired) electrons. The Morgan fingerprint density at radius 2 is 1.73 bits per heavy atom. The minimum Gasteiger partial charge on any atom is -0.394 e. The first kappa shape index (κ1) is 28.8. The van der Waals surface area contributed by atoms with Gasteiger partial charge in [0.05, 0.1) is 30.6 Å². The Bertz CT molecular complexity index is 1340. The van der Waals surface area contributed by atoms with Crippen LogP contribution in [0.4, 0.5) is 5.69 Å². The van der Waals surface area contributed by atoms with Crippen molar-refractivity contribution in [2.24, 2.45) is 11.8 Å². The minimum atomic E-state index is -1.19. The molecule has 1 spiro atoms. The summed E-state index contributed by atoms with van der Waals surface area (Å²) in [7, 11) is 1.69. The molecule has 6 atom stereocenters. The van der Waals surface area contributed by atoms with Gasteiger partial charge in [0.1, 0.15) is 11.6 Å². The van der Waals surface area contributed by atoms with Gasteiger partial charge in [0.15, 0.2) is 0 Å². The number of amides is 3. The van der Waals surface area contributed by atoms with Crippen molar-refractivity contribution < 1.29 is 24.2 Å². The molecule has 8 heteroatoms. The number of ether oxygens (including phenoxy) is 1. The van der Waals surface area contributed by atoms with E-state index in [1.54, 1.807) is 29.0 Å². The van der Waals surface area contributed by atoms with E-state index in [4.69, 9.17) is 4.74 Å². The van der Waals surface area contributed by atoms with Crippen molar-refractivity contribution in [1.29, 1.82) is 0 Å². The average molecular weight is 558 g/mol. The SMILES string of the molecule is C=CCN(C)C(=O)[C@@H]1[C@@H]2CCC3(O2)C(C(=O)N(CC=C)c2c(C)cccc2C)N([C@H](CO)c2ccccc2)C(=O)[C@H]13. The van der Waals surface area contributed by atoms with Gasteiger partial charge in [-0.15, -0.1) is 13.2 Å². The highest BCUT2D eigenvalue weighted by atomic mass is 16.5. The number of fused-ring (bicyclic) bond motifs is 1. The number of para-hydroxylation sites is 1. The summed E-state index contributed by atoms with van der Waals surface area (Å²) in [4.78, 5) is 47.9. The fourth-order valence-corrected chi connectivity index (χ4v) is 7.35. The zero-order valence-corrected chi connectivity index (χ0v) is 24.0. The van der Waals surface area contributed by atoms with Crippen LogP contribution in [-0.2, 0) is 19.1 Å². The van der Waals surface area contributed by atoms with Crippen LogP contribution in [0, 0.1) is 25.7 Å². The summed E-state index contributed by atoms with van der Waals surface area (Å²) in [5.74, 6) is -2.39. The van der Waals surface area contributed by atoms with Crippen LogP contribution in [0.1, 0.15) is 35.6 Å². The highest BCUT2D eigenvalue weighted by Crippen LogP contribution is 2.60. The summed E-state index contributed by atoms with van der Waals surface area (Å²) in [6, 6.07) is 13.2. The van der Waals surface area contributed by atoms with Crippen LogP contribution in [0.15, 0.2) is 73.8 Å². The first-order valence-corrected chi connectivity index (χ1v) is 14.2. The van der Waals surface area contributed by atoms with Gasteiger partial charge >= 0.3 is 0 Å². The summed E-state index contributed by atoms with van der Waals surface area (Å²) in [5.41, 5.74) is 2.12. The maximum atomic E-state index is 14.9. The fraction of sp³-hybridized carbons (Fsp3) is 0.424. The van der Waals surface area contributed by atoms with E-state index in [1.165, 1.54) is 4.90 Å². The highest BCUT2D eigenvalue weighted by molar-refractivity contribution is 6.05. The number of likely N-dealkylation sites (N-methyl/N-ethyl adjacent to an activating group) is 1. The van der Waals surface area contributed by atoms with E-state index in [9.17, 15) is 19.5 Å². The van der Waals surface area contributed by atoms with Gasteiger partial charge in [0.25, 0.3) is 5.91 Å². The highest BCUT2D eigenvalue weighted by Gasteiger charge is 2.75. The summed E-state index contributed by atoms with van der Waals surface area (Å²) < 4.78 is 6.64. The smallest absolute Gasteiger partial charge is 0.253 e. The number of likely N-dealkylation sites (tertiary alicyclic amines) is 1.